The Balaban J connectivity index is 1.75. The standard InChI is InChI=1S/C18H21NO2/c1-20-18-9-7-15(8-10-18)13-17-14-21-12-11-19(17)16-5-3-2-4-6-16/h2-10,17H,11-14H2,1H3. The van der Waals surface area contributed by atoms with E-state index < -0.39 is 0 Å². The zero-order chi connectivity index (χ0) is 14.5. The minimum atomic E-state index is 0.384. The molecule has 3 nitrogen and oxygen atoms in total. The molecule has 3 rings (SSSR count). The fourth-order valence-corrected chi connectivity index (χ4v) is 2.82. The molecule has 1 fully saturated rings. The quantitative estimate of drug-likeness (QED) is 0.860. The lowest BCUT2D eigenvalue weighted by atomic mass is 10.0. The molecule has 0 N–H and O–H groups in total. The van der Waals surface area contributed by atoms with E-state index in [2.05, 4.69) is 47.4 Å². The molecule has 1 heterocycles. The number of para-hydroxylation sites is 1. The minimum absolute atomic E-state index is 0.384. The van der Waals surface area contributed by atoms with Crippen molar-refractivity contribution in [3.63, 3.8) is 0 Å². The summed E-state index contributed by atoms with van der Waals surface area (Å²) >= 11 is 0. The number of benzene rings is 2. The highest BCUT2D eigenvalue weighted by Crippen LogP contribution is 2.22. The number of hydrogen-bond donors (Lipinski definition) is 0. The van der Waals surface area contributed by atoms with Crippen molar-refractivity contribution in [3.05, 3.63) is 60.2 Å². The molecule has 0 spiro atoms. The number of nitrogens with zero attached hydrogens (tertiary/aromatic N) is 1. The van der Waals surface area contributed by atoms with E-state index >= 15 is 0 Å². The highest BCUT2D eigenvalue weighted by atomic mass is 16.5. The van der Waals surface area contributed by atoms with Crippen LogP contribution in [0.25, 0.3) is 0 Å². The lowest BCUT2D eigenvalue weighted by Gasteiger charge is -2.37. The van der Waals surface area contributed by atoms with Crippen LogP contribution in [-0.2, 0) is 11.2 Å². The zero-order valence-electron chi connectivity index (χ0n) is 12.4. The van der Waals surface area contributed by atoms with Gasteiger partial charge in [0.15, 0.2) is 0 Å². The molecule has 1 saturated heterocycles. The van der Waals surface area contributed by atoms with Gasteiger partial charge in [-0.2, -0.15) is 0 Å². The highest BCUT2D eigenvalue weighted by Gasteiger charge is 2.23. The maximum atomic E-state index is 5.68. The van der Waals surface area contributed by atoms with Gasteiger partial charge in [-0.05, 0) is 36.2 Å². The van der Waals surface area contributed by atoms with Gasteiger partial charge in [-0.3, -0.25) is 0 Å². The van der Waals surface area contributed by atoms with Crippen LogP contribution < -0.4 is 9.64 Å². The summed E-state index contributed by atoms with van der Waals surface area (Å²) < 4.78 is 10.9. The number of methoxy groups -OCH3 is 1. The van der Waals surface area contributed by atoms with Crippen LogP contribution in [0.4, 0.5) is 5.69 Å². The summed E-state index contributed by atoms with van der Waals surface area (Å²) in [5, 5.41) is 0. The Kier molecular flexibility index (Phi) is 4.41. The fourth-order valence-electron chi connectivity index (χ4n) is 2.82. The second kappa shape index (κ2) is 6.64. The van der Waals surface area contributed by atoms with Gasteiger partial charge in [0, 0.05) is 12.2 Å². The summed E-state index contributed by atoms with van der Waals surface area (Å²) in [7, 11) is 1.70. The zero-order valence-corrected chi connectivity index (χ0v) is 12.4. The smallest absolute Gasteiger partial charge is 0.118 e. The average molecular weight is 283 g/mol. The Bertz CT molecular complexity index is 553. The van der Waals surface area contributed by atoms with Crippen molar-refractivity contribution < 1.29 is 9.47 Å². The molecule has 2 aromatic rings. The van der Waals surface area contributed by atoms with Crippen LogP contribution >= 0.6 is 0 Å². The van der Waals surface area contributed by atoms with E-state index in [0.717, 1.165) is 31.9 Å². The molecular formula is C18H21NO2. The first-order valence-electron chi connectivity index (χ1n) is 7.39. The maximum absolute atomic E-state index is 5.68. The minimum Gasteiger partial charge on any atom is -0.497 e. The maximum Gasteiger partial charge on any atom is 0.118 e. The number of hydrogen-bond acceptors (Lipinski definition) is 3. The van der Waals surface area contributed by atoms with Crippen LogP contribution in [-0.4, -0.2) is 32.9 Å². The largest absolute Gasteiger partial charge is 0.497 e. The fraction of sp³-hybridized carbons (Fsp3) is 0.333. The number of rotatable bonds is 4. The first-order chi connectivity index (χ1) is 10.4. The summed E-state index contributed by atoms with van der Waals surface area (Å²) in [5.41, 5.74) is 2.59. The SMILES string of the molecule is COc1ccc(CC2COCCN2c2ccccc2)cc1. The molecule has 3 heteroatoms. The normalized spacial score (nSPS) is 18.5. The van der Waals surface area contributed by atoms with Gasteiger partial charge in [-0.1, -0.05) is 30.3 Å². The van der Waals surface area contributed by atoms with Gasteiger partial charge in [0.2, 0.25) is 0 Å². The highest BCUT2D eigenvalue weighted by molar-refractivity contribution is 5.48. The third-order valence-electron chi connectivity index (χ3n) is 3.95. The van der Waals surface area contributed by atoms with Crippen molar-refractivity contribution in [2.45, 2.75) is 12.5 Å². The molecule has 0 radical (unpaired) electrons. The molecule has 110 valence electrons. The molecule has 1 atom stereocenters. The Hall–Kier alpha value is -2.00. The van der Waals surface area contributed by atoms with Crippen LogP contribution in [0.1, 0.15) is 5.56 Å². The van der Waals surface area contributed by atoms with E-state index in [4.69, 9.17) is 9.47 Å². The lowest BCUT2D eigenvalue weighted by Crippen LogP contribution is -2.46. The van der Waals surface area contributed by atoms with Gasteiger partial charge in [0.05, 0.1) is 26.4 Å². The summed E-state index contributed by atoms with van der Waals surface area (Å²) in [5.74, 6) is 0.901. The van der Waals surface area contributed by atoms with Gasteiger partial charge < -0.3 is 14.4 Å². The molecule has 0 bridgehead atoms. The number of ether oxygens (including phenoxy) is 2. The van der Waals surface area contributed by atoms with Crippen molar-refractivity contribution in [1.82, 2.24) is 0 Å². The van der Waals surface area contributed by atoms with Gasteiger partial charge in [-0.15, -0.1) is 0 Å². The van der Waals surface area contributed by atoms with Gasteiger partial charge >= 0.3 is 0 Å². The van der Waals surface area contributed by atoms with Gasteiger partial charge in [-0.25, -0.2) is 0 Å². The molecule has 21 heavy (non-hydrogen) atoms. The monoisotopic (exact) mass is 283 g/mol. The predicted octanol–water partition coefficient (Wildman–Crippen LogP) is 3.14. The van der Waals surface area contributed by atoms with Crippen LogP contribution in [0.2, 0.25) is 0 Å². The van der Waals surface area contributed by atoms with E-state index in [1.54, 1.807) is 7.11 Å². The van der Waals surface area contributed by atoms with Gasteiger partial charge in [0.25, 0.3) is 0 Å². The molecule has 0 saturated carbocycles. The molecule has 1 aliphatic rings. The Morgan fingerprint density at radius 2 is 1.86 bits per heavy atom. The van der Waals surface area contributed by atoms with Crippen LogP contribution in [0, 0.1) is 0 Å². The second-order valence-corrected chi connectivity index (χ2v) is 5.31. The van der Waals surface area contributed by atoms with Crippen molar-refractivity contribution in [2.24, 2.45) is 0 Å². The summed E-state index contributed by atoms with van der Waals surface area (Å²) in [6.45, 7) is 2.53. The molecular weight excluding hydrogens is 262 g/mol. The Morgan fingerprint density at radius 1 is 1.10 bits per heavy atom. The molecule has 1 unspecified atom stereocenters. The van der Waals surface area contributed by atoms with Crippen LogP contribution in [0.15, 0.2) is 54.6 Å². The van der Waals surface area contributed by atoms with Crippen LogP contribution in [0.5, 0.6) is 5.75 Å². The second-order valence-electron chi connectivity index (χ2n) is 5.31. The third kappa shape index (κ3) is 3.37. The molecule has 0 aliphatic carbocycles. The first-order valence-corrected chi connectivity index (χ1v) is 7.39. The lowest BCUT2D eigenvalue weighted by molar-refractivity contribution is 0.0941. The molecule has 1 aliphatic heterocycles. The number of anilines is 1. The van der Waals surface area contributed by atoms with Crippen molar-refractivity contribution in [2.75, 3.05) is 31.8 Å². The number of morpholine rings is 1. The Labute approximate surface area is 126 Å². The molecule has 2 aromatic carbocycles. The van der Waals surface area contributed by atoms with E-state index in [1.807, 2.05) is 12.1 Å². The van der Waals surface area contributed by atoms with E-state index in [1.165, 1.54) is 11.3 Å². The summed E-state index contributed by atoms with van der Waals surface area (Å²) in [4.78, 5) is 2.45. The summed E-state index contributed by atoms with van der Waals surface area (Å²) in [6.07, 6.45) is 0.985. The summed E-state index contributed by atoms with van der Waals surface area (Å²) in [6, 6.07) is 19.3. The third-order valence-corrected chi connectivity index (χ3v) is 3.95. The predicted molar refractivity (Wildman–Crippen MR) is 85.1 cm³/mol. The van der Waals surface area contributed by atoms with E-state index in [-0.39, 0.29) is 0 Å². The topological polar surface area (TPSA) is 21.7 Å². The van der Waals surface area contributed by atoms with Crippen molar-refractivity contribution in [1.29, 1.82) is 0 Å². The van der Waals surface area contributed by atoms with Gasteiger partial charge in [0.1, 0.15) is 5.75 Å². The van der Waals surface area contributed by atoms with Crippen LogP contribution in [0.3, 0.4) is 0 Å². The van der Waals surface area contributed by atoms with E-state index in [0.29, 0.717) is 6.04 Å². The van der Waals surface area contributed by atoms with Crippen molar-refractivity contribution in [3.8, 4) is 5.75 Å². The first kappa shape index (κ1) is 14.0. The average Bonchev–Trinajstić information content (AvgIpc) is 2.57. The Morgan fingerprint density at radius 3 is 2.57 bits per heavy atom. The van der Waals surface area contributed by atoms with Crippen molar-refractivity contribution >= 4 is 5.69 Å². The molecule has 0 aromatic heterocycles. The van der Waals surface area contributed by atoms with E-state index in [9.17, 15) is 0 Å². The molecule has 0 amide bonds.